The van der Waals surface area contributed by atoms with Gasteiger partial charge in [0.05, 0.1) is 5.69 Å². The summed E-state index contributed by atoms with van der Waals surface area (Å²) in [6.45, 7) is 3.62. The molecule has 100 valence electrons. The molecule has 0 unspecified atom stereocenters. The summed E-state index contributed by atoms with van der Waals surface area (Å²) in [5.41, 5.74) is -0.243. The average Bonchev–Trinajstić information content (AvgIpc) is 2.38. The molecule has 0 fully saturated rings. The van der Waals surface area contributed by atoms with E-state index in [1.165, 1.54) is 0 Å². The number of hydrogen-bond acceptors (Lipinski definition) is 3. The topological polar surface area (TPSA) is 75.1 Å². The van der Waals surface area contributed by atoms with Gasteiger partial charge < -0.3 is 5.11 Å². The molecule has 1 heterocycles. The summed E-state index contributed by atoms with van der Waals surface area (Å²) in [5, 5.41) is 9.73. The van der Waals surface area contributed by atoms with Gasteiger partial charge in [-0.25, -0.2) is 9.36 Å². The minimum Gasteiger partial charge on any atom is -0.492 e. The number of aromatic amines is 1. The zero-order valence-electron chi connectivity index (χ0n) is 10.5. The second-order valence-electron chi connectivity index (χ2n) is 4.17. The third-order valence-electron chi connectivity index (χ3n) is 2.96. The van der Waals surface area contributed by atoms with Gasteiger partial charge in [0, 0.05) is 0 Å². The van der Waals surface area contributed by atoms with E-state index in [0.717, 1.165) is 10.1 Å². The molecule has 1 aromatic carbocycles. The number of aryl methyl sites for hydroxylation is 2. The lowest BCUT2D eigenvalue weighted by molar-refractivity contribution is 0.385. The Kier molecular flexibility index (Phi) is 3.25. The van der Waals surface area contributed by atoms with Crippen molar-refractivity contribution in [3.63, 3.8) is 0 Å². The van der Waals surface area contributed by atoms with Gasteiger partial charge in [-0.2, -0.15) is 4.39 Å². The van der Waals surface area contributed by atoms with E-state index < -0.39 is 22.9 Å². The Bertz CT molecular complexity index is 747. The van der Waals surface area contributed by atoms with E-state index in [4.69, 9.17) is 0 Å². The predicted molar refractivity (Wildman–Crippen MR) is 68.4 cm³/mol. The summed E-state index contributed by atoms with van der Waals surface area (Å²) in [5.74, 6) is -2.34. The summed E-state index contributed by atoms with van der Waals surface area (Å²) in [6, 6.07) is 5.32. The molecule has 19 heavy (non-hydrogen) atoms. The molecule has 0 aliphatic heterocycles. The fraction of sp³-hybridized carbons (Fsp3) is 0.231. The standard InChI is InChI=1S/C13H13FN2O3/c1-3-8-6-4-5-7(2)10(8)16-12(18)9(14)11(17)15-13(16)19/h4-6,18H,3H2,1-2H3,(H,15,17,19). The third kappa shape index (κ3) is 2.05. The molecule has 1 aromatic heterocycles. The minimum absolute atomic E-state index is 0.391. The van der Waals surface area contributed by atoms with Crippen molar-refractivity contribution in [3.05, 3.63) is 56.0 Å². The van der Waals surface area contributed by atoms with Gasteiger partial charge in [-0.3, -0.25) is 9.78 Å². The number of aromatic hydroxyl groups is 1. The third-order valence-corrected chi connectivity index (χ3v) is 2.96. The van der Waals surface area contributed by atoms with Crippen LogP contribution in [0.4, 0.5) is 4.39 Å². The van der Waals surface area contributed by atoms with Gasteiger partial charge in [-0.1, -0.05) is 25.1 Å². The lowest BCUT2D eigenvalue weighted by Crippen LogP contribution is -2.31. The summed E-state index contributed by atoms with van der Waals surface area (Å²) in [6.07, 6.45) is 0.601. The van der Waals surface area contributed by atoms with Gasteiger partial charge in [0.1, 0.15) is 0 Å². The normalized spacial score (nSPS) is 10.7. The van der Waals surface area contributed by atoms with Crippen LogP contribution in [-0.4, -0.2) is 14.7 Å². The second-order valence-corrected chi connectivity index (χ2v) is 4.17. The van der Waals surface area contributed by atoms with E-state index in [0.29, 0.717) is 17.7 Å². The Labute approximate surface area is 108 Å². The monoisotopic (exact) mass is 264 g/mol. The van der Waals surface area contributed by atoms with Crippen LogP contribution < -0.4 is 11.2 Å². The summed E-state index contributed by atoms with van der Waals surface area (Å²) >= 11 is 0. The highest BCUT2D eigenvalue weighted by atomic mass is 19.1. The van der Waals surface area contributed by atoms with Gasteiger partial charge in [0.2, 0.25) is 11.7 Å². The molecule has 0 spiro atoms. The fourth-order valence-electron chi connectivity index (χ4n) is 2.04. The number of hydrogen-bond donors (Lipinski definition) is 2. The molecule has 5 nitrogen and oxygen atoms in total. The maximum Gasteiger partial charge on any atom is 0.335 e. The van der Waals surface area contributed by atoms with E-state index in [-0.39, 0.29) is 0 Å². The molecular weight excluding hydrogens is 251 g/mol. The van der Waals surface area contributed by atoms with Crippen molar-refractivity contribution in [2.24, 2.45) is 0 Å². The van der Waals surface area contributed by atoms with Crippen LogP contribution in [0.5, 0.6) is 5.88 Å². The Morgan fingerprint density at radius 2 is 2.05 bits per heavy atom. The Morgan fingerprint density at radius 1 is 1.37 bits per heavy atom. The molecule has 0 aliphatic carbocycles. The lowest BCUT2D eigenvalue weighted by Gasteiger charge is -2.14. The van der Waals surface area contributed by atoms with E-state index in [2.05, 4.69) is 0 Å². The Morgan fingerprint density at radius 3 is 2.68 bits per heavy atom. The first kappa shape index (κ1) is 13.1. The minimum atomic E-state index is -1.37. The van der Waals surface area contributed by atoms with E-state index in [9.17, 15) is 19.1 Å². The lowest BCUT2D eigenvalue weighted by atomic mass is 10.1. The van der Waals surface area contributed by atoms with Crippen LogP contribution in [0.25, 0.3) is 5.69 Å². The highest BCUT2D eigenvalue weighted by Gasteiger charge is 2.18. The van der Waals surface area contributed by atoms with E-state index in [1.54, 1.807) is 19.1 Å². The smallest absolute Gasteiger partial charge is 0.335 e. The maximum atomic E-state index is 13.5. The Balaban J connectivity index is 2.92. The highest BCUT2D eigenvalue weighted by Crippen LogP contribution is 2.22. The number of H-pyrrole nitrogens is 1. The van der Waals surface area contributed by atoms with Crippen LogP contribution in [0.15, 0.2) is 27.8 Å². The highest BCUT2D eigenvalue weighted by molar-refractivity contribution is 5.49. The molecule has 2 aromatic rings. The van der Waals surface area contributed by atoms with Crippen molar-refractivity contribution >= 4 is 0 Å². The molecule has 6 heteroatoms. The first-order chi connectivity index (χ1) is 8.97. The van der Waals surface area contributed by atoms with Gasteiger partial charge in [-0.15, -0.1) is 0 Å². The van der Waals surface area contributed by atoms with Gasteiger partial charge in [0.25, 0.3) is 5.56 Å². The van der Waals surface area contributed by atoms with Crippen LogP contribution >= 0.6 is 0 Å². The zero-order chi connectivity index (χ0) is 14.2. The molecule has 0 aliphatic rings. The van der Waals surface area contributed by atoms with Crippen LogP contribution in [0.3, 0.4) is 0 Å². The van der Waals surface area contributed by atoms with Crippen molar-refractivity contribution in [2.75, 3.05) is 0 Å². The molecular formula is C13H13FN2O3. The molecule has 0 radical (unpaired) electrons. The molecule has 0 saturated heterocycles. The van der Waals surface area contributed by atoms with E-state index >= 15 is 0 Å². The van der Waals surface area contributed by atoms with Crippen molar-refractivity contribution in [2.45, 2.75) is 20.3 Å². The van der Waals surface area contributed by atoms with Gasteiger partial charge in [0.15, 0.2) is 0 Å². The molecule has 0 bridgehead atoms. The van der Waals surface area contributed by atoms with Crippen LogP contribution in [0, 0.1) is 12.7 Å². The number of benzene rings is 1. The van der Waals surface area contributed by atoms with Gasteiger partial charge in [-0.05, 0) is 24.5 Å². The van der Waals surface area contributed by atoms with Crippen LogP contribution in [-0.2, 0) is 6.42 Å². The average molecular weight is 264 g/mol. The van der Waals surface area contributed by atoms with Crippen molar-refractivity contribution in [3.8, 4) is 11.6 Å². The quantitative estimate of drug-likeness (QED) is 0.857. The van der Waals surface area contributed by atoms with Crippen molar-refractivity contribution in [1.29, 1.82) is 0 Å². The number of rotatable bonds is 2. The second kappa shape index (κ2) is 4.72. The number of para-hydroxylation sites is 1. The molecule has 0 atom stereocenters. The zero-order valence-corrected chi connectivity index (χ0v) is 10.5. The maximum absolute atomic E-state index is 13.5. The summed E-state index contributed by atoms with van der Waals surface area (Å²) in [7, 11) is 0. The number of halogens is 1. The molecule has 2 N–H and O–H groups in total. The van der Waals surface area contributed by atoms with Gasteiger partial charge >= 0.3 is 5.69 Å². The van der Waals surface area contributed by atoms with E-state index in [1.807, 2.05) is 18.0 Å². The first-order valence-electron chi connectivity index (χ1n) is 5.80. The number of nitrogens with zero attached hydrogens (tertiary/aromatic N) is 1. The predicted octanol–water partition coefficient (Wildman–Crippen LogP) is 1.24. The number of nitrogens with one attached hydrogen (secondary N) is 1. The van der Waals surface area contributed by atoms with Crippen molar-refractivity contribution in [1.82, 2.24) is 9.55 Å². The largest absolute Gasteiger partial charge is 0.492 e. The summed E-state index contributed by atoms with van der Waals surface area (Å²) < 4.78 is 14.3. The number of aromatic nitrogens is 2. The van der Waals surface area contributed by atoms with Crippen LogP contribution in [0.2, 0.25) is 0 Å². The molecule has 0 saturated carbocycles. The van der Waals surface area contributed by atoms with Crippen LogP contribution in [0.1, 0.15) is 18.1 Å². The fourth-order valence-corrected chi connectivity index (χ4v) is 2.04. The first-order valence-corrected chi connectivity index (χ1v) is 5.80. The molecule has 0 amide bonds. The Hall–Kier alpha value is -2.37. The SMILES string of the molecule is CCc1cccc(C)c1-n1c(O)c(F)c(=O)[nH]c1=O. The molecule has 2 rings (SSSR count). The summed E-state index contributed by atoms with van der Waals surface area (Å²) in [4.78, 5) is 24.7. The van der Waals surface area contributed by atoms with Crippen molar-refractivity contribution < 1.29 is 9.50 Å².